The van der Waals surface area contributed by atoms with E-state index in [0.29, 0.717) is 0 Å². The molecule has 0 heterocycles. The molecule has 2 rings (SSSR count). The molecule has 0 saturated heterocycles. The van der Waals surface area contributed by atoms with E-state index in [2.05, 4.69) is 12.2 Å². The van der Waals surface area contributed by atoms with E-state index in [4.69, 9.17) is 9.47 Å². The van der Waals surface area contributed by atoms with Crippen molar-refractivity contribution in [3.63, 3.8) is 0 Å². The second-order valence-electron chi connectivity index (χ2n) is 6.21. The molecule has 1 aromatic carbocycles. The lowest BCUT2D eigenvalue weighted by atomic mass is 9.87. The molecular weight excluding hydrogens is 294 g/mol. The van der Waals surface area contributed by atoms with Crippen molar-refractivity contribution >= 4 is 11.9 Å². The van der Waals surface area contributed by atoms with Crippen LogP contribution in [0.2, 0.25) is 0 Å². The molecule has 0 aliphatic heterocycles. The summed E-state index contributed by atoms with van der Waals surface area (Å²) in [6, 6.07) is 7.42. The van der Waals surface area contributed by atoms with Gasteiger partial charge in [-0.1, -0.05) is 19.1 Å². The van der Waals surface area contributed by atoms with Gasteiger partial charge < -0.3 is 14.8 Å². The summed E-state index contributed by atoms with van der Waals surface area (Å²) in [6.45, 7) is 2.03. The van der Waals surface area contributed by atoms with Crippen LogP contribution < -0.4 is 10.1 Å². The average Bonchev–Trinajstić information content (AvgIpc) is 2.56. The number of ether oxygens (including phenoxy) is 2. The predicted octanol–water partition coefficient (Wildman–Crippen LogP) is 2.48. The number of amides is 1. The van der Waals surface area contributed by atoms with Crippen molar-refractivity contribution in [1.82, 2.24) is 5.32 Å². The molecule has 0 atom stereocenters. The fourth-order valence-corrected chi connectivity index (χ4v) is 2.78. The third kappa shape index (κ3) is 5.93. The summed E-state index contributed by atoms with van der Waals surface area (Å²) in [5, 5.41) is 2.94. The second kappa shape index (κ2) is 8.56. The summed E-state index contributed by atoms with van der Waals surface area (Å²) in [4.78, 5) is 23.6. The summed E-state index contributed by atoms with van der Waals surface area (Å²) in [7, 11) is 1.59. The third-order valence-electron chi connectivity index (χ3n) is 4.25. The standard InChI is InChI=1S/C18H25NO4/c1-13-3-7-15(8-4-13)19-17(20)12-23-18(21)11-14-5-9-16(22-2)10-6-14/h5-6,9-10,13,15H,3-4,7-8,11-12H2,1-2H3,(H,19,20). The molecule has 0 bridgehead atoms. The smallest absolute Gasteiger partial charge is 0.310 e. The molecular formula is C18H25NO4. The van der Waals surface area contributed by atoms with Gasteiger partial charge in [0.15, 0.2) is 6.61 Å². The topological polar surface area (TPSA) is 64.6 Å². The molecule has 0 radical (unpaired) electrons. The van der Waals surface area contributed by atoms with E-state index in [1.165, 1.54) is 0 Å². The van der Waals surface area contributed by atoms with Crippen molar-refractivity contribution < 1.29 is 19.1 Å². The van der Waals surface area contributed by atoms with Gasteiger partial charge in [-0.3, -0.25) is 9.59 Å². The molecule has 1 amide bonds. The summed E-state index contributed by atoms with van der Waals surface area (Å²) < 4.78 is 10.1. The number of esters is 1. The maximum atomic E-state index is 11.8. The number of benzene rings is 1. The van der Waals surface area contributed by atoms with Gasteiger partial charge in [-0.15, -0.1) is 0 Å². The van der Waals surface area contributed by atoms with E-state index in [1.807, 2.05) is 12.1 Å². The summed E-state index contributed by atoms with van der Waals surface area (Å²) in [5.74, 6) is 0.865. The van der Waals surface area contributed by atoms with Gasteiger partial charge in [0.1, 0.15) is 5.75 Å². The van der Waals surface area contributed by atoms with E-state index >= 15 is 0 Å². The fourth-order valence-electron chi connectivity index (χ4n) is 2.78. The first-order valence-corrected chi connectivity index (χ1v) is 8.14. The Bertz CT molecular complexity index is 518. The molecule has 1 saturated carbocycles. The first kappa shape index (κ1) is 17.3. The van der Waals surface area contributed by atoms with Crippen LogP contribution in [0.4, 0.5) is 0 Å². The first-order chi connectivity index (χ1) is 11.1. The van der Waals surface area contributed by atoms with Gasteiger partial charge in [0.2, 0.25) is 0 Å². The summed E-state index contributed by atoms with van der Waals surface area (Å²) >= 11 is 0. The largest absolute Gasteiger partial charge is 0.497 e. The molecule has 0 spiro atoms. The third-order valence-corrected chi connectivity index (χ3v) is 4.25. The van der Waals surface area contributed by atoms with Crippen LogP contribution in [-0.4, -0.2) is 31.6 Å². The molecule has 1 N–H and O–H groups in total. The maximum absolute atomic E-state index is 11.8. The normalized spacial score (nSPS) is 20.6. The zero-order valence-electron chi connectivity index (χ0n) is 13.8. The van der Waals surface area contributed by atoms with Gasteiger partial charge in [-0.25, -0.2) is 0 Å². The van der Waals surface area contributed by atoms with Gasteiger partial charge in [-0.05, 0) is 49.3 Å². The number of carbonyl (C=O) groups is 2. The van der Waals surface area contributed by atoms with Crippen LogP contribution in [0.25, 0.3) is 0 Å². The van der Waals surface area contributed by atoms with Crippen molar-refractivity contribution in [3.05, 3.63) is 29.8 Å². The van der Waals surface area contributed by atoms with E-state index < -0.39 is 5.97 Å². The molecule has 5 nitrogen and oxygen atoms in total. The molecule has 1 aliphatic carbocycles. The minimum Gasteiger partial charge on any atom is -0.497 e. The Hall–Kier alpha value is -2.04. The van der Waals surface area contributed by atoms with Crippen LogP contribution in [0.15, 0.2) is 24.3 Å². The molecule has 23 heavy (non-hydrogen) atoms. The molecule has 0 aromatic heterocycles. The maximum Gasteiger partial charge on any atom is 0.310 e. The monoisotopic (exact) mass is 319 g/mol. The molecule has 1 fully saturated rings. The number of methoxy groups -OCH3 is 1. The zero-order chi connectivity index (χ0) is 16.7. The van der Waals surface area contributed by atoms with Crippen LogP contribution in [0, 0.1) is 5.92 Å². The highest BCUT2D eigenvalue weighted by Gasteiger charge is 2.20. The fraction of sp³-hybridized carbons (Fsp3) is 0.556. The van der Waals surface area contributed by atoms with Crippen LogP contribution >= 0.6 is 0 Å². The highest BCUT2D eigenvalue weighted by atomic mass is 16.5. The van der Waals surface area contributed by atoms with Crippen molar-refractivity contribution in [2.45, 2.75) is 45.1 Å². The summed E-state index contributed by atoms with van der Waals surface area (Å²) in [6.07, 6.45) is 4.45. The number of nitrogens with one attached hydrogen (secondary N) is 1. The van der Waals surface area contributed by atoms with Crippen LogP contribution in [-0.2, 0) is 20.7 Å². The van der Waals surface area contributed by atoms with E-state index in [1.54, 1.807) is 19.2 Å². The number of hydrogen-bond acceptors (Lipinski definition) is 4. The Morgan fingerprint density at radius 3 is 2.39 bits per heavy atom. The minimum absolute atomic E-state index is 0.151. The predicted molar refractivity (Wildman–Crippen MR) is 87.2 cm³/mol. The number of carbonyl (C=O) groups excluding carboxylic acids is 2. The second-order valence-corrected chi connectivity index (χ2v) is 6.21. The van der Waals surface area contributed by atoms with E-state index in [9.17, 15) is 9.59 Å². The van der Waals surface area contributed by atoms with Gasteiger partial charge in [-0.2, -0.15) is 0 Å². The molecule has 5 heteroatoms. The average molecular weight is 319 g/mol. The number of hydrogen-bond donors (Lipinski definition) is 1. The van der Waals surface area contributed by atoms with Crippen LogP contribution in [0.1, 0.15) is 38.2 Å². The Morgan fingerprint density at radius 2 is 1.78 bits per heavy atom. The van der Waals surface area contributed by atoms with Crippen molar-refractivity contribution in [3.8, 4) is 5.75 Å². The SMILES string of the molecule is COc1ccc(CC(=O)OCC(=O)NC2CCC(C)CC2)cc1. The quantitative estimate of drug-likeness (QED) is 0.818. The molecule has 1 aliphatic rings. The van der Waals surface area contributed by atoms with Crippen molar-refractivity contribution in [2.75, 3.05) is 13.7 Å². The lowest BCUT2D eigenvalue weighted by Crippen LogP contribution is -2.39. The Kier molecular flexibility index (Phi) is 6.44. The van der Waals surface area contributed by atoms with E-state index in [-0.39, 0.29) is 25.0 Å². The Labute approximate surface area is 137 Å². The highest BCUT2D eigenvalue weighted by Crippen LogP contribution is 2.23. The lowest BCUT2D eigenvalue weighted by Gasteiger charge is -2.26. The lowest BCUT2D eigenvalue weighted by molar-refractivity contribution is -0.148. The van der Waals surface area contributed by atoms with Gasteiger partial charge >= 0.3 is 5.97 Å². The first-order valence-electron chi connectivity index (χ1n) is 8.14. The van der Waals surface area contributed by atoms with Crippen LogP contribution in [0.5, 0.6) is 5.75 Å². The van der Waals surface area contributed by atoms with Crippen LogP contribution in [0.3, 0.4) is 0 Å². The van der Waals surface area contributed by atoms with E-state index in [0.717, 1.165) is 42.9 Å². The number of rotatable bonds is 6. The summed E-state index contributed by atoms with van der Waals surface area (Å²) in [5.41, 5.74) is 0.831. The molecule has 1 aromatic rings. The Balaban J connectivity index is 1.67. The highest BCUT2D eigenvalue weighted by molar-refractivity contribution is 5.81. The minimum atomic E-state index is -0.400. The van der Waals surface area contributed by atoms with Gasteiger partial charge in [0.25, 0.3) is 5.91 Å². The van der Waals surface area contributed by atoms with Gasteiger partial charge in [0, 0.05) is 6.04 Å². The Morgan fingerprint density at radius 1 is 1.13 bits per heavy atom. The van der Waals surface area contributed by atoms with Gasteiger partial charge in [0.05, 0.1) is 13.5 Å². The van der Waals surface area contributed by atoms with Crippen molar-refractivity contribution in [1.29, 1.82) is 0 Å². The molecule has 0 unspecified atom stereocenters. The zero-order valence-corrected chi connectivity index (χ0v) is 13.8. The van der Waals surface area contributed by atoms with Crippen molar-refractivity contribution in [2.24, 2.45) is 5.92 Å². The molecule has 126 valence electrons.